The molecule has 0 bridgehead atoms. The van der Waals surface area contributed by atoms with Crippen molar-refractivity contribution < 1.29 is 27.4 Å². The van der Waals surface area contributed by atoms with Gasteiger partial charge in [0.1, 0.15) is 11.6 Å². The summed E-state index contributed by atoms with van der Waals surface area (Å²) in [5.74, 6) is -0.945. The van der Waals surface area contributed by atoms with Crippen LogP contribution in [0.2, 0.25) is 5.02 Å². The third kappa shape index (κ3) is 4.82. The normalized spacial score (nSPS) is 12.2. The average molecular weight is 415 g/mol. The van der Waals surface area contributed by atoms with Crippen molar-refractivity contribution in [3.05, 3.63) is 64.6 Å². The van der Waals surface area contributed by atoms with Crippen LogP contribution in [0.25, 0.3) is 17.0 Å². The van der Waals surface area contributed by atoms with Crippen LogP contribution in [0.5, 0.6) is 5.75 Å². The minimum Gasteiger partial charge on any atom is -0.406 e. The lowest BCUT2D eigenvalue weighted by Gasteiger charge is -2.10. The van der Waals surface area contributed by atoms with Gasteiger partial charge in [-0.3, -0.25) is 4.68 Å². The fraction of sp³-hybridized carbons (Fsp3) is 0.211. The van der Waals surface area contributed by atoms with Gasteiger partial charge in [-0.2, -0.15) is 5.10 Å². The van der Waals surface area contributed by atoms with Gasteiger partial charge in [0.25, 0.3) is 0 Å². The van der Waals surface area contributed by atoms with Crippen molar-refractivity contribution in [2.24, 2.45) is 0 Å². The second-order valence-corrected chi connectivity index (χ2v) is 6.36. The third-order valence-corrected chi connectivity index (χ3v) is 4.13. The Morgan fingerprint density at radius 3 is 2.64 bits per heavy atom. The number of hydrogen-bond donors (Lipinski definition) is 1. The zero-order valence-corrected chi connectivity index (χ0v) is 15.1. The van der Waals surface area contributed by atoms with Gasteiger partial charge >= 0.3 is 6.36 Å². The van der Waals surface area contributed by atoms with Crippen molar-refractivity contribution in [2.75, 3.05) is 6.61 Å². The third-order valence-electron chi connectivity index (χ3n) is 3.89. The van der Waals surface area contributed by atoms with E-state index in [1.807, 2.05) is 0 Å². The number of fused-ring (bicyclic) bond motifs is 1. The monoisotopic (exact) mass is 414 g/mol. The van der Waals surface area contributed by atoms with E-state index in [1.54, 1.807) is 12.2 Å². The quantitative estimate of drug-likeness (QED) is 0.566. The zero-order chi connectivity index (χ0) is 20.3. The molecular formula is C19H15ClF4N2O2. The summed E-state index contributed by atoms with van der Waals surface area (Å²) in [7, 11) is 0. The molecule has 0 aliphatic rings. The lowest BCUT2D eigenvalue weighted by Crippen LogP contribution is -2.17. The molecule has 3 aromatic rings. The van der Waals surface area contributed by atoms with E-state index in [0.717, 1.165) is 6.07 Å². The van der Waals surface area contributed by atoms with Crippen LogP contribution in [0.3, 0.4) is 0 Å². The van der Waals surface area contributed by atoms with Crippen LogP contribution in [0, 0.1) is 5.82 Å². The molecule has 0 unspecified atom stereocenters. The summed E-state index contributed by atoms with van der Waals surface area (Å²) in [6.45, 7) is -0.0580. The van der Waals surface area contributed by atoms with Gasteiger partial charge in [0.05, 0.1) is 17.8 Å². The van der Waals surface area contributed by atoms with E-state index < -0.39 is 17.9 Å². The molecular weight excluding hydrogens is 400 g/mol. The first-order valence-corrected chi connectivity index (χ1v) is 8.62. The number of alkyl halides is 3. The lowest BCUT2D eigenvalue weighted by molar-refractivity contribution is -0.274. The summed E-state index contributed by atoms with van der Waals surface area (Å²) in [5.41, 5.74) is 1.11. The molecule has 9 heteroatoms. The SMILES string of the molecule is OCC/C=C/c1nn(Cc2ccc(Cl)cc2F)c2cc(OC(F)(F)F)ccc12. The maximum absolute atomic E-state index is 14.2. The van der Waals surface area contributed by atoms with E-state index in [4.69, 9.17) is 16.7 Å². The number of ether oxygens (including phenoxy) is 1. The summed E-state index contributed by atoms with van der Waals surface area (Å²) in [6.07, 6.45) is -1.09. The fourth-order valence-corrected chi connectivity index (χ4v) is 2.86. The minimum absolute atomic E-state index is 0.0111. The topological polar surface area (TPSA) is 47.3 Å². The smallest absolute Gasteiger partial charge is 0.406 e. The molecule has 2 aromatic carbocycles. The molecule has 0 radical (unpaired) electrons. The molecule has 3 rings (SSSR count). The Labute approximate surface area is 162 Å². The number of rotatable bonds is 6. The van der Waals surface area contributed by atoms with Crippen molar-refractivity contribution in [1.82, 2.24) is 9.78 Å². The van der Waals surface area contributed by atoms with E-state index in [-0.39, 0.29) is 23.7 Å². The van der Waals surface area contributed by atoms with Crippen LogP contribution < -0.4 is 4.74 Å². The summed E-state index contributed by atoms with van der Waals surface area (Å²) in [4.78, 5) is 0. The highest BCUT2D eigenvalue weighted by atomic mass is 35.5. The van der Waals surface area contributed by atoms with Gasteiger partial charge in [-0.1, -0.05) is 23.7 Å². The Kier molecular flexibility index (Phi) is 5.90. The van der Waals surface area contributed by atoms with E-state index in [1.165, 1.54) is 35.0 Å². The van der Waals surface area contributed by atoms with E-state index in [9.17, 15) is 17.6 Å². The van der Waals surface area contributed by atoms with E-state index in [2.05, 4.69) is 9.84 Å². The van der Waals surface area contributed by atoms with Gasteiger partial charge in [-0.15, -0.1) is 13.2 Å². The van der Waals surface area contributed by atoms with Crippen molar-refractivity contribution >= 4 is 28.6 Å². The number of hydrogen-bond acceptors (Lipinski definition) is 3. The molecule has 0 atom stereocenters. The molecule has 148 valence electrons. The predicted octanol–water partition coefficient (Wildman–Crippen LogP) is 5.17. The summed E-state index contributed by atoms with van der Waals surface area (Å²) in [5, 5.41) is 14.1. The van der Waals surface area contributed by atoms with Crippen LogP contribution in [0.15, 0.2) is 42.5 Å². The van der Waals surface area contributed by atoms with Crippen molar-refractivity contribution in [1.29, 1.82) is 0 Å². The van der Waals surface area contributed by atoms with Crippen molar-refractivity contribution in [3.63, 3.8) is 0 Å². The molecule has 0 fully saturated rings. The first-order valence-electron chi connectivity index (χ1n) is 8.24. The fourth-order valence-electron chi connectivity index (χ4n) is 2.70. The summed E-state index contributed by atoms with van der Waals surface area (Å²) >= 11 is 5.76. The highest BCUT2D eigenvalue weighted by Crippen LogP contribution is 2.29. The molecule has 0 aliphatic heterocycles. The Hall–Kier alpha value is -2.58. The molecule has 0 saturated heterocycles. The molecule has 0 spiro atoms. The number of aliphatic hydroxyl groups excluding tert-OH is 1. The number of aromatic nitrogens is 2. The van der Waals surface area contributed by atoms with Crippen LogP contribution in [-0.2, 0) is 6.54 Å². The van der Waals surface area contributed by atoms with E-state index in [0.29, 0.717) is 23.0 Å². The predicted molar refractivity (Wildman–Crippen MR) is 97.7 cm³/mol. The van der Waals surface area contributed by atoms with Gasteiger partial charge in [0, 0.05) is 28.6 Å². The molecule has 0 aliphatic carbocycles. The first-order chi connectivity index (χ1) is 13.3. The Morgan fingerprint density at radius 1 is 1.18 bits per heavy atom. The average Bonchev–Trinajstić information content (AvgIpc) is 2.93. The minimum atomic E-state index is -4.83. The van der Waals surface area contributed by atoms with Crippen molar-refractivity contribution in [3.8, 4) is 5.75 Å². The van der Waals surface area contributed by atoms with Crippen LogP contribution in [0.4, 0.5) is 17.6 Å². The van der Waals surface area contributed by atoms with Gasteiger partial charge in [0.15, 0.2) is 0 Å². The van der Waals surface area contributed by atoms with Crippen molar-refractivity contribution in [2.45, 2.75) is 19.3 Å². The number of benzene rings is 2. The highest BCUT2D eigenvalue weighted by Gasteiger charge is 2.31. The number of aliphatic hydroxyl groups is 1. The standard InChI is InChI=1S/C19H15ClF4N2O2/c20-13-5-4-12(16(21)9-13)11-26-18-10-14(28-19(22,23)24)6-7-15(18)17(25-26)3-1-2-8-27/h1,3-7,9-10,27H,2,8,11H2/b3-1+. The molecule has 1 heterocycles. The van der Waals surface area contributed by atoms with Gasteiger partial charge < -0.3 is 9.84 Å². The second-order valence-electron chi connectivity index (χ2n) is 5.92. The zero-order valence-electron chi connectivity index (χ0n) is 14.4. The molecule has 1 N–H and O–H groups in total. The highest BCUT2D eigenvalue weighted by molar-refractivity contribution is 6.30. The van der Waals surface area contributed by atoms with Gasteiger partial charge in [-0.05, 0) is 36.8 Å². The Morgan fingerprint density at radius 2 is 1.96 bits per heavy atom. The second kappa shape index (κ2) is 8.20. The van der Waals surface area contributed by atoms with Gasteiger partial charge in [-0.25, -0.2) is 4.39 Å². The Bertz CT molecular complexity index is 1020. The number of nitrogens with zero attached hydrogens (tertiary/aromatic N) is 2. The first kappa shape index (κ1) is 20.2. The molecule has 1 aromatic heterocycles. The lowest BCUT2D eigenvalue weighted by atomic mass is 10.1. The summed E-state index contributed by atoms with van der Waals surface area (Å²) in [6, 6.07) is 8.01. The van der Waals surface area contributed by atoms with Crippen LogP contribution >= 0.6 is 11.6 Å². The molecule has 28 heavy (non-hydrogen) atoms. The summed E-state index contributed by atoms with van der Waals surface area (Å²) < 4.78 is 57.2. The van der Waals surface area contributed by atoms with Crippen LogP contribution in [-0.4, -0.2) is 27.9 Å². The Balaban J connectivity index is 2.06. The van der Waals surface area contributed by atoms with Crippen LogP contribution in [0.1, 0.15) is 17.7 Å². The molecule has 4 nitrogen and oxygen atoms in total. The molecule has 0 saturated carbocycles. The van der Waals surface area contributed by atoms with Gasteiger partial charge in [0.2, 0.25) is 0 Å². The number of halogens is 5. The largest absolute Gasteiger partial charge is 0.573 e. The van der Waals surface area contributed by atoms with E-state index >= 15 is 0 Å². The molecule has 0 amide bonds. The maximum Gasteiger partial charge on any atom is 0.573 e. The maximum atomic E-state index is 14.2.